The van der Waals surface area contributed by atoms with E-state index < -0.39 is 0 Å². The molecule has 122 valence electrons. The van der Waals surface area contributed by atoms with Gasteiger partial charge in [-0.15, -0.1) is 0 Å². The van der Waals surface area contributed by atoms with Gasteiger partial charge in [-0.3, -0.25) is 14.5 Å². The van der Waals surface area contributed by atoms with Gasteiger partial charge in [-0.1, -0.05) is 62.1 Å². The minimum absolute atomic E-state index is 0.00929. The zero-order valence-corrected chi connectivity index (χ0v) is 14.9. The van der Waals surface area contributed by atoms with Gasteiger partial charge in [0.2, 0.25) is 11.8 Å². The molecular formula is C17H20N2O2S2. The molecule has 0 bridgehead atoms. The van der Waals surface area contributed by atoms with Crippen LogP contribution < -0.4 is 5.32 Å². The van der Waals surface area contributed by atoms with Crippen LogP contribution >= 0.6 is 24.0 Å². The van der Waals surface area contributed by atoms with Gasteiger partial charge in [0.15, 0.2) is 0 Å². The average Bonchev–Trinajstić information content (AvgIpc) is 2.85. The van der Waals surface area contributed by atoms with Crippen molar-refractivity contribution in [3.8, 4) is 0 Å². The third-order valence-corrected chi connectivity index (χ3v) is 4.94. The van der Waals surface area contributed by atoms with Crippen LogP contribution in [0.4, 0.5) is 0 Å². The van der Waals surface area contributed by atoms with Crippen LogP contribution in [0.2, 0.25) is 0 Å². The highest BCUT2D eigenvalue weighted by molar-refractivity contribution is 8.23. The van der Waals surface area contributed by atoms with Crippen LogP contribution in [0.15, 0.2) is 30.3 Å². The van der Waals surface area contributed by atoms with E-state index >= 15 is 0 Å². The Balaban J connectivity index is 1.78. The van der Waals surface area contributed by atoms with Crippen molar-refractivity contribution in [2.45, 2.75) is 19.8 Å². The van der Waals surface area contributed by atoms with E-state index in [0.29, 0.717) is 29.1 Å². The molecule has 1 aromatic carbocycles. The van der Waals surface area contributed by atoms with E-state index in [1.165, 1.54) is 28.3 Å². The van der Waals surface area contributed by atoms with Crippen LogP contribution in [0.25, 0.3) is 6.08 Å². The van der Waals surface area contributed by atoms with E-state index in [4.69, 9.17) is 12.2 Å². The average molecular weight is 348 g/mol. The zero-order chi connectivity index (χ0) is 16.8. The van der Waals surface area contributed by atoms with Crippen LogP contribution in [0.5, 0.6) is 0 Å². The molecule has 1 saturated heterocycles. The quantitative estimate of drug-likeness (QED) is 0.634. The van der Waals surface area contributed by atoms with Crippen molar-refractivity contribution in [2.24, 2.45) is 0 Å². The number of benzene rings is 1. The van der Waals surface area contributed by atoms with Crippen LogP contribution in [0.1, 0.15) is 30.9 Å². The molecule has 1 aromatic rings. The molecule has 23 heavy (non-hydrogen) atoms. The fourth-order valence-corrected chi connectivity index (χ4v) is 3.23. The minimum Gasteiger partial charge on any atom is -0.351 e. The third-order valence-electron chi connectivity index (χ3n) is 3.51. The Morgan fingerprint density at radius 2 is 2.09 bits per heavy atom. The smallest absolute Gasteiger partial charge is 0.244 e. The van der Waals surface area contributed by atoms with Gasteiger partial charge in [0.1, 0.15) is 4.32 Å². The Hall–Kier alpha value is -1.66. The Labute approximate surface area is 146 Å². The summed E-state index contributed by atoms with van der Waals surface area (Å²) in [4.78, 5) is 24.9. The molecule has 1 fully saturated rings. The number of rotatable bonds is 6. The van der Waals surface area contributed by atoms with E-state index in [1.807, 2.05) is 12.1 Å². The molecule has 2 rings (SSSR count). The maximum atomic E-state index is 11.8. The largest absolute Gasteiger partial charge is 0.351 e. The van der Waals surface area contributed by atoms with Gasteiger partial charge >= 0.3 is 0 Å². The molecule has 6 heteroatoms. The number of thiocarbonyl (C=S) groups is 1. The van der Waals surface area contributed by atoms with Crippen molar-refractivity contribution in [2.75, 3.05) is 18.8 Å². The van der Waals surface area contributed by atoms with Gasteiger partial charge < -0.3 is 5.32 Å². The van der Waals surface area contributed by atoms with Crippen LogP contribution in [-0.2, 0) is 9.59 Å². The predicted octanol–water partition coefficient (Wildman–Crippen LogP) is 2.80. The third kappa shape index (κ3) is 5.18. The number of carbonyl (C=O) groups excluding carboxylic acids is 2. The molecule has 0 atom stereocenters. The first-order valence-corrected chi connectivity index (χ1v) is 8.89. The molecule has 1 heterocycles. The molecule has 0 radical (unpaired) electrons. The maximum Gasteiger partial charge on any atom is 0.244 e. The maximum absolute atomic E-state index is 11.8. The number of amides is 2. The van der Waals surface area contributed by atoms with Gasteiger partial charge in [0, 0.05) is 19.2 Å². The summed E-state index contributed by atoms with van der Waals surface area (Å²) >= 11 is 6.45. The number of hydrogen-bond donors (Lipinski definition) is 1. The predicted molar refractivity (Wildman–Crippen MR) is 99.3 cm³/mol. The monoisotopic (exact) mass is 348 g/mol. The molecular weight excluding hydrogens is 328 g/mol. The number of nitrogens with one attached hydrogen (secondary N) is 1. The van der Waals surface area contributed by atoms with E-state index in [-0.39, 0.29) is 11.8 Å². The summed E-state index contributed by atoms with van der Waals surface area (Å²) in [6.45, 7) is 5.11. The highest BCUT2D eigenvalue weighted by Gasteiger charge is 2.25. The van der Waals surface area contributed by atoms with Crippen molar-refractivity contribution < 1.29 is 9.59 Å². The Bertz CT molecular complexity index is 608. The summed E-state index contributed by atoms with van der Waals surface area (Å²) < 4.78 is 0.588. The highest BCUT2D eigenvalue weighted by atomic mass is 32.2. The Morgan fingerprint density at radius 3 is 2.65 bits per heavy atom. The molecule has 0 aromatic heterocycles. The van der Waals surface area contributed by atoms with E-state index in [9.17, 15) is 9.59 Å². The first kappa shape index (κ1) is 17.7. The van der Waals surface area contributed by atoms with Crippen molar-refractivity contribution in [3.05, 3.63) is 41.5 Å². The van der Waals surface area contributed by atoms with E-state index in [1.54, 1.807) is 6.08 Å². The standard InChI is InChI=1S/C17H20N2O2S2/c1-12(2)14-6-3-13(4-7-14)5-8-15(20)18-9-10-19-16(21)11-23-17(19)22/h3-8,12H,9-11H2,1-2H3,(H,18,20)/b8-5+. The lowest BCUT2D eigenvalue weighted by Crippen LogP contribution is -2.36. The number of hydrogen-bond acceptors (Lipinski definition) is 4. The Kier molecular flexibility index (Phi) is 6.36. The number of nitrogens with zero attached hydrogens (tertiary/aromatic N) is 1. The second-order valence-corrected chi connectivity index (χ2v) is 7.15. The van der Waals surface area contributed by atoms with Gasteiger partial charge in [0.05, 0.1) is 5.75 Å². The molecule has 2 amide bonds. The zero-order valence-electron chi connectivity index (χ0n) is 13.2. The van der Waals surface area contributed by atoms with Crippen molar-refractivity contribution >= 4 is 46.2 Å². The summed E-state index contributed by atoms with van der Waals surface area (Å²) in [7, 11) is 0. The van der Waals surface area contributed by atoms with E-state index in [2.05, 4.69) is 31.3 Å². The molecule has 0 saturated carbocycles. The van der Waals surface area contributed by atoms with Crippen molar-refractivity contribution in [1.82, 2.24) is 10.2 Å². The summed E-state index contributed by atoms with van der Waals surface area (Å²) in [5, 5.41) is 2.76. The molecule has 1 N–H and O–H groups in total. The van der Waals surface area contributed by atoms with Crippen LogP contribution in [0.3, 0.4) is 0 Å². The van der Waals surface area contributed by atoms with Gasteiger partial charge in [0.25, 0.3) is 0 Å². The van der Waals surface area contributed by atoms with Crippen molar-refractivity contribution in [3.63, 3.8) is 0 Å². The summed E-state index contributed by atoms with van der Waals surface area (Å²) in [5.41, 5.74) is 2.26. The first-order valence-electron chi connectivity index (χ1n) is 7.50. The van der Waals surface area contributed by atoms with Gasteiger partial charge in [-0.25, -0.2) is 0 Å². The lowest BCUT2D eigenvalue weighted by Gasteiger charge is -2.14. The first-order chi connectivity index (χ1) is 11.0. The summed E-state index contributed by atoms with van der Waals surface area (Å²) in [6, 6.07) is 8.13. The second-order valence-electron chi connectivity index (χ2n) is 5.55. The minimum atomic E-state index is -0.178. The van der Waals surface area contributed by atoms with Crippen LogP contribution in [0, 0.1) is 0 Å². The highest BCUT2D eigenvalue weighted by Crippen LogP contribution is 2.18. The fraction of sp³-hybridized carbons (Fsp3) is 0.353. The second kappa shape index (κ2) is 8.26. The normalized spacial score (nSPS) is 15.0. The molecule has 0 aliphatic carbocycles. The van der Waals surface area contributed by atoms with E-state index in [0.717, 1.165) is 5.56 Å². The van der Waals surface area contributed by atoms with Crippen molar-refractivity contribution in [1.29, 1.82) is 0 Å². The van der Waals surface area contributed by atoms with Gasteiger partial charge in [-0.05, 0) is 23.1 Å². The molecule has 4 nitrogen and oxygen atoms in total. The number of thioether (sulfide) groups is 1. The molecule has 1 aliphatic heterocycles. The summed E-state index contributed by atoms with van der Waals surface area (Å²) in [6.07, 6.45) is 3.28. The lowest BCUT2D eigenvalue weighted by molar-refractivity contribution is -0.124. The number of carbonyl (C=O) groups is 2. The lowest BCUT2D eigenvalue weighted by atomic mass is 10.0. The Morgan fingerprint density at radius 1 is 1.39 bits per heavy atom. The molecule has 0 unspecified atom stereocenters. The topological polar surface area (TPSA) is 49.4 Å². The SMILES string of the molecule is CC(C)c1ccc(/C=C/C(=O)NCCN2C(=O)CSC2=S)cc1. The molecule has 1 aliphatic rings. The fourth-order valence-electron chi connectivity index (χ4n) is 2.11. The molecule has 0 spiro atoms. The van der Waals surface area contributed by atoms with Crippen LogP contribution in [-0.4, -0.2) is 39.9 Å². The van der Waals surface area contributed by atoms with Gasteiger partial charge in [-0.2, -0.15) is 0 Å². The summed E-state index contributed by atoms with van der Waals surface area (Å²) in [5.74, 6) is 0.728.